The Morgan fingerprint density at radius 2 is 2.10 bits per heavy atom. The number of nitrogens with zero attached hydrogens (tertiary/aromatic N) is 1. The summed E-state index contributed by atoms with van der Waals surface area (Å²) in [5, 5.41) is 5.63. The summed E-state index contributed by atoms with van der Waals surface area (Å²) in [5.74, 6) is 0.716. The fourth-order valence-electron chi connectivity index (χ4n) is 2.08. The predicted molar refractivity (Wildman–Crippen MR) is 75.8 cm³/mol. The summed E-state index contributed by atoms with van der Waals surface area (Å²) in [4.78, 5) is 27.3. The zero-order valence-electron chi connectivity index (χ0n) is 11.8. The molecule has 5 heteroatoms. The Bertz CT molecular complexity index is 461. The Labute approximate surface area is 119 Å². The van der Waals surface area contributed by atoms with E-state index in [0.717, 1.165) is 18.5 Å². The lowest BCUT2D eigenvalue weighted by molar-refractivity contribution is -0.123. The zero-order valence-corrected chi connectivity index (χ0v) is 11.8. The highest BCUT2D eigenvalue weighted by Crippen LogP contribution is 2.37. The average Bonchev–Trinajstić information content (AvgIpc) is 3.17. The molecule has 1 fully saturated rings. The van der Waals surface area contributed by atoms with Crippen molar-refractivity contribution >= 4 is 11.8 Å². The van der Waals surface area contributed by atoms with Gasteiger partial charge in [0.15, 0.2) is 0 Å². The van der Waals surface area contributed by atoms with E-state index in [2.05, 4.69) is 22.5 Å². The number of hydrogen-bond donors (Lipinski definition) is 2. The van der Waals surface area contributed by atoms with E-state index in [1.54, 1.807) is 6.20 Å². The summed E-state index contributed by atoms with van der Waals surface area (Å²) < 4.78 is 0. The highest BCUT2D eigenvalue weighted by molar-refractivity contribution is 5.82. The van der Waals surface area contributed by atoms with E-state index in [9.17, 15) is 9.59 Å². The molecule has 20 heavy (non-hydrogen) atoms. The predicted octanol–water partition coefficient (Wildman–Crippen LogP) is 0.903. The van der Waals surface area contributed by atoms with Gasteiger partial charge in [0.1, 0.15) is 0 Å². The molecule has 0 aliphatic heterocycles. The number of amides is 2. The second-order valence-electron chi connectivity index (χ2n) is 5.28. The topological polar surface area (TPSA) is 71.1 Å². The smallest absolute Gasteiger partial charge is 0.223 e. The number of carbonyl (C=O) groups is 2. The molecule has 1 saturated carbocycles. The van der Waals surface area contributed by atoms with Crippen molar-refractivity contribution in [1.29, 1.82) is 0 Å². The van der Waals surface area contributed by atoms with E-state index in [1.807, 2.05) is 18.2 Å². The molecule has 2 N–H and O–H groups in total. The van der Waals surface area contributed by atoms with Crippen LogP contribution in [0.3, 0.4) is 0 Å². The van der Waals surface area contributed by atoms with Gasteiger partial charge in [-0.2, -0.15) is 0 Å². The molecule has 1 aliphatic rings. The van der Waals surface area contributed by atoms with Crippen molar-refractivity contribution in [2.45, 2.75) is 26.2 Å². The van der Waals surface area contributed by atoms with Crippen molar-refractivity contribution < 1.29 is 9.59 Å². The van der Waals surface area contributed by atoms with Gasteiger partial charge in [0.25, 0.3) is 0 Å². The zero-order chi connectivity index (χ0) is 14.4. The Morgan fingerprint density at radius 1 is 1.30 bits per heavy atom. The second-order valence-corrected chi connectivity index (χ2v) is 5.28. The molecule has 0 unspecified atom stereocenters. The molecule has 1 heterocycles. The minimum absolute atomic E-state index is 0.0370. The van der Waals surface area contributed by atoms with Crippen molar-refractivity contribution in [3.63, 3.8) is 0 Å². The van der Waals surface area contributed by atoms with E-state index >= 15 is 0 Å². The lowest BCUT2D eigenvalue weighted by atomic mass is 10.2. The molecule has 2 amide bonds. The van der Waals surface area contributed by atoms with Crippen LogP contribution >= 0.6 is 0 Å². The number of rotatable bonds is 7. The third-order valence-electron chi connectivity index (χ3n) is 3.53. The first-order chi connectivity index (χ1) is 9.66. The maximum Gasteiger partial charge on any atom is 0.223 e. The molecule has 1 aliphatic carbocycles. The molecule has 0 radical (unpaired) electrons. The molecular weight excluding hydrogens is 254 g/mol. The van der Waals surface area contributed by atoms with Crippen molar-refractivity contribution in [1.82, 2.24) is 15.6 Å². The summed E-state index contributed by atoms with van der Waals surface area (Å²) in [6, 6.07) is 5.73. The van der Waals surface area contributed by atoms with Crippen LogP contribution in [0.2, 0.25) is 0 Å². The van der Waals surface area contributed by atoms with Gasteiger partial charge in [-0.3, -0.25) is 14.6 Å². The standard InChI is InChI=1S/C15H21N3O2/c1-11-10-13(11)15(20)18-9-6-14(19)17-8-5-12-4-2-3-7-16-12/h2-4,7,11,13H,5-6,8-10H2,1H3,(H,17,19)(H,18,20)/t11-,13+/m0/s1. The van der Waals surface area contributed by atoms with E-state index in [1.165, 1.54) is 0 Å². The second kappa shape index (κ2) is 7.03. The highest BCUT2D eigenvalue weighted by Gasteiger charge is 2.38. The number of nitrogens with one attached hydrogen (secondary N) is 2. The summed E-state index contributed by atoms with van der Waals surface area (Å²) in [7, 11) is 0. The van der Waals surface area contributed by atoms with Crippen molar-refractivity contribution in [2.75, 3.05) is 13.1 Å². The van der Waals surface area contributed by atoms with Gasteiger partial charge in [-0.25, -0.2) is 0 Å². The minimum atomic E-state index is -0.0370. The SMILES string of the molecule is C[C@H]1C[C@H]1C(=O)NCCC(=O)NCCc1ccccn1. The monoisotopic (exact) mass is 275 g/mol. The molecule has 0 bridgehead atoms. The van der Waals surface area contributed by atoms with Crippen LogP contribution in [0.4, 0.5) is 0 Å². The minimum Gasteiger partial charge on any atom is -0.356 e. The molecule has 0 aromatic carbocycles. The maximum absolute atomic E-state index is 11.6. The Hall–Kier alpha value is -1.91. The lowest BCUT2D eigenvalue weighted by Crippen LogP contribution is -2.32. The molecule has 108 valence electrons. The van der Waals surface area contributed by atoms with Gasteiger partial charge in [0.05, 0.1) is 0 Å². The van der Waals surface area contributed by atoms with Crippen LogP contribution in [0, 0.1) is 11.8 Å². The van der Waals surface area contributed by atoms with E-state index in [-0.39, 0.29) is 17.7 Å². The first kappa shape index (κ1) is 14.5. The van der Waals surface area contributed by atoms with Crippen molar-refractivity contribution in [2.24, 2.45) is 11.8 Å². The van der Waals surface area contributed by atoms with Crippen LogP contribution in [0.1, 0.15) is 25.5 Å². The van der Waals surface area contributed by atoms with Gasteiger partial charge in [0.2, 0.25) is 11.8 Å². The average molecular weight is 275 g/mol. The summed E-state index contributed by atoms with van der Waals surface area (Å²) in [6.07, 6.45) is 3.77. The Balaban J connectivity index is 1.53. The molecule has 2 rings (SSSR count). The quantitative estimate of drug-likeness (QED) is 0.777. The van der Waals surface area contributed by atoms with Crippen LogP contribution in [0.25, 0.3) is 0 Å². The fraction of sp³-hybridized carbons (Fsp3) is 0.533. The molecule has 2 atom stereocenters. The summed E-state index contributed by atoms with van der Waals surface area (Å²) >= 11 is 0. The first-order valence-corrected chi connectivity index (χ1v) is 7.11. The van der Waals surface area contributed by atoms with Gasteiger partial charge in [-0.15, -0.1) is 0 Å². The Kier molecular flexibility index (Phi) is 5.09. The van der Waals surface area contributed by atoms with Gasteiger partial charge < -0.3 is 10.6 Å². The highest BCUT2D eigenvalue weighted by atomic mass is 16.2. The first-order valence-electron chi connectivity index (χ1n) is 7.11. The number of pyridine rings is 1. The molecule has 1 aromatic rings. The van der Waals surface area contributed by atoms with Crippen LogP contribution < -0.4 is 10.6 Å². The number of hydrogen-bond acceptors (Lipinski definition) is 3. The molecule has 0 spiro atoms. The maximum atomic E-state index is 11.6. The van der Waals surface area contributed by atoms with Crippen molar-refractivity contribution in [3.05, 3.63) is 30.1 Å². The van der Waals surface area contributed by atoms with E-state index < -0.39 is 0 Å². The van der Waals surface area contributed by atoms with Gasteiger partial charge in [-0.05, 0) is 24.5 Å². The van der Waals surface area contributed by atoms with Gasteiger partial charge in [-0.1, -0.05) is 13.0 Å². The van der Waals surface area contributed by atoms with Crippen LogP contribution in [0.15, 0.2) is 24.4 Å². The summed E-state index contributed by atoms with van der Waals surface area (Å²) in [6.45, 7) is 3.05. The number of carbonyl (C=O) groups excluding carboxylic acids is 2. The lowest BCUT2D eigenvalue weighted by Gasteiger charge is -2.06. The molecule has 5 nitrogen and oxygen atoms in total. The van der Waals surface area contributed by atoms with Crippen LogP contribution in [-0.2, 0) is 16.0 Å². The Morgan fingerprint density at radius 3 is 2.75 bits per heavy atom. The van der Waals surface area contributed by atoms with E-state index in [4.69, 9.17) is 0 Å². The third kappa shape index (κ3) is 4.64. The fourth-order valence-corrected chi connectivity index (χ4v) is 2.08. The van der Waals surface area contributed by atoms with Crippen molar-refractivity contribution in [3.8, 4) is 0 Å². The van der Waals surface area contributed by atoms with Crippen LogP contribution in [0.5, 0.6) is 0 Å². The molecular formula is C15H21N3O2. The molecule has 1 aromatic heterocycles. The summed E-state index contributed by atoms with van der Waals surface area (Å²) in [5.41, 5.74) is 0.962. The van der Waals surface area contributed by atoms with Gasteiger partial charge in [0, 0.05) is 43.7 Å². The van der Waals surface area contributed by atoms with Crippen LogP contribution in [-0.4, -0.2) is 29.9 Å². The largest absolute Gasteiger partial charge is 0.356 e. The van der Waals surface area contributed by atoms with Gasteiger partial charge >= 0.3 is 0 Å². The third-order valence-corrected chi connectivity index (χ3v) is 3.53. The molecule has 0 saturated heterocycles. The number of aromatic nitrogens is 1. The normalized spacial score (nSPS) is 20.2. The van der Waals surface area contributed by atoms with E-state index in [0.29, 0.717) is 25.4 Å².